The fraction of sp³-hybridized carbons (Fsp3) is 0.929. The molecule has 2 aliphatic heterocycles. The van der Waals surface area contributed by atoms with Crippen LogP contribution in [0, 0.1) is 11.8 Å². The minimum atomic E-state index is -0.495. The number of carbonyl (C=O) groups is 1. The molecule has 6 heteroatoms. The van der Waals surface area contributed by atoms with Crippen LogP contribution < -0.4 is 5.32 Å². The molecule has 0 aromatic rings. The van der Waals surface area contributed by atoms with Crippen molar-refractivity contribution < 1.29 is 19.0 Å². The summed E-state index contributed by atoms with van der Waals surface area (Å²) >= 11 is 0. The van der Waals surface area contributed by atoms with Crippen molar-refractivity contribution in [1.29, 1.82) is 0 Å². The second-order valence-corrected chi connectivity index (χ2v) is 5.95. The predicted molar refractivity (Wildman–Crippen MR) is 73.7 cm³/mol. The average Bonchev–Trinajstić information content (AvgIpc) is 2.86. The number of nitrogens with one attached hydrogen (secondary N) is 1. The SMILES string of the molecule is CO[C@H](C)[C@H](NC1OCO1)C(=O)N1CC[C@H](C(C)C)C1. The molecule has 0 radical (unpaired) electrons. The first-order chi connectivity index (χ1) is 9.52. The molecule has 2 saturated heterocycles. The number of nitrogens with zero attached hydrogens (tertiary/aromatic N) is 1. The topological polar surface area (TPSA) is 60.0 Å². The number of methoxy groups -OCH3 is 1. The third kappa shape index (κ3) is 3.49. The van der Waals surface area contributed by atoms with Crippen molar-refractivity contribution in [1.82, 2.24) is 10.2 Å². The van der Waals surface area contributed by atoms with E-state index < -0.39 is 12.5 Å². The molecule has 1 N–H and O–H groups in total. The monoisotopic (exact) mass is 286 g/mol. The van der Waals surface area contributed by atoms with Crippen molar-refractivity contribution >= 4 is 5.91 Å². The molecule has 0 aromatic heterocycles. The molecule has 1 amide bonds. The van der Waals surface area contributed by atoms with Gasteiger partial charge in [-0.25, -0.2) is 0 Å². The minimum Gasteiger partial charge on any atom is -0.380 e. The zero-order chi connectivity index (χ0) is 14.7. The van der Waals surface area contributed by atoms with Gasteiger partial charge in [0, 0.05) is 20.2 Å². The quantitative estimate of drug-likeness (QED) is 0.781. The molecule has 0 bridgehead atoms. The number of hydrogen-bond donors (Lipinski definition) is 1. The molecule has 20 heavy (non-hydrogen) atoms. The van der Waals surface area contributed by atoms with Crippen LogP contribution >= 0.6 is 0 Å². The molecule has 2 heterocycles. The highest BCUT2D eigenvalue weighted by molar-refractivity contribution is 5.82. The maximum absolute atomic E-state index is 12.7. The van der Waals surface area contributed by atoms with Crippen LogP contribution in [0.25, 0.3) is 0 Å². The van der Waals surface area contributed by atoms with Gasteiger partial charge in [0.2, 0.25) is 12.3 Å². The molecule has 2 aliphatic rings. The minimum absolute atomic E-state index is 0.0709. The second kappa shape index (κ2) is 6.85. The molecule has 0 unspecified atom stereocenters. The Kier molecular flexibility index (Phi) is 5.37. The van der Waals surface area contributed by atoms with E-state index >= 15 is 0 Å². The van der Waals surface area contributed by atoms with Crippen molar-refractivity contribution in [2.75, 3.05) is 27.0 Å². The van der Waals surface area contributed by atoms with Crippen molar-refractivity contribution in [2.45, 2.75) is 45.8 Å². The van der Waals surface area contributed by atoms with Gasteiger partial charge >= 0.3 is 0 Å². The van der Waals surface area contributed by atoms with Crippen LogP contribution in [0.5, 0.6) is 0 Å². The third-order valence-corrected chi connectivity index (χ3v) is 4.34. The number of rotatable bonds is 6. The van der Waals surface area contributed by atoms with Gasteiger partial charge in [-0.2, -0.15) is 0 Å². The molecule has 0 saturated carbocycles. The van der Waals surface area contributed by atoms with E-state index in [0.717, 1.165) is 19.5 Å². The number of hydrogen-bond acceptors (Lipinski definition) is 5. The predicted octanol–water partition coefficient (Wildman–Crippen LogP) is 0.772. The van der Waals surface area contributed by atoms with Gasteiger partial charge in [0.15, 0.2) is 6.79 Å². The van der Waals surface area contributed by atoms with Gasteiger partial charge in [-0.05, 0) is 25.2 Å². The summed E-state index contributed by atoms with van der Waals surface area (Å²) in [4.78, 5) is 14.6. The van der Waals surface area contributed by atoms with Crippen LogP contribution in [0.1, 0.15) is 27.2 Å². The highest BCUT2D eigenvalue weighted by Gasteiger charge is 2.37. The first kappa shape index (κ1) is 15.7. The lowest BCUT2D eigenvalue weighted by Crippen LogP contribution is -2.58. The van der Waals surface area contributed by atoms with E-state index in [2.05, 4.69) is 19.2 Å². The normalized spacial score (nSPS) is 26.6. The lowest BCUT2D eigenvalue weighted by Gasteiger charge is -2.34. The number of likely N-dealkylation sites (tertiary alicyclic amines) is 1. The Labute approximate surface area is 120 Å². The molecular formula is C14H26N2O4. The highest BCUT2D eigenvalue weighted by atomic mass is 16.9. The lowest BCUT2D eigenvalue weighted by atomic mass is 9.95. The fourth-order valence-electron chi connectivity index (χ4n) is 2.65. The molecular weight excluding hydrogens is 260 g/mol. The molecule has 0 aliphatic carbocycles. The van der Waals surface area contributed by atoms with Crippen LogP contribution in [0.3, 0.4) is 0 Å². The van der Waals surface area contributed by atoms with Crippen LogP contribution in [0.15, 0.2) is 0 Å². The second-order valence-electron chi connectivity index (χ2n) is 5.95. The third-order valence-electron chi connectivity index (χ3n) is 4.34. The Bertz CT molecular complexity index is 333. The molecule has 0 aromatic carbocycles. The van der Waals surface area contributed by atoms with Crippen LogP contribution in [-0.2, 0) is 19.0 Å². The van der Waals surface area contributed by atoms with E-state index in [1.807, 2.05) is 11.8 Å². The van der Waals surface area contributed by atoms with Crippen molar-refractivity contribution in [3.05, 3.63) is 0 Å². The summed E-state index contributed by atoms with van der Waals surface area (Å²) in [7, 11) is 1.61. The van der Waals surface area contributed by atoms with Crippen molar-refractivity contribution in [3.63, 3.8) is 0 Å². The molecule has 6 nitrogen and oxygen atoms in total. The number of ether oxygens (including phenoxy) is 3. The highest BCUT2D eigenvalue weighted by Crippen LogP contribution is 2.24. The van der Waals surface area contributed by atoms with Crippen LogP contribution in [0.2, 0.25) is 0 Å². The maximum Gasteiger partial charge on any atom is 0.242 e. The average molecular weight is 286 g/mol. The van der Waals surface area contributed by atoms with Crippen molar-refractivity contribution in [3.8, 4) is 0 Å². The Morgan fingerprint density at radius 2 is 2.05 bits per heavy atom. The molecule has 0 spiro atoms. The van der Waals surface area contributed by atoms with E-state index in [9.17, 15) is 4.79 Å². The van der Waals surface area contributed by atoms with Crippen LogP contribution in [0.4, 0.5) is 0 Å². The first-order valence-corrected chi connectivity index (χ1v) is 7.33. The number of amides is 1. The maximum atomic E-state index is 12.7. The van der Waals surface area contributed by atoms with Crippen LogP contribution in [-0.4, -0.2) is 56.4 Å². The zero-order valence-corrected chi connectivity index (χ0v) is 12.8. The summed E-state index contributed by atoms with van der Waals surface area (Å²) in [5, 5.41) is 3.06. The summed E-state index contributed by atoms with van der Waals surface area (Å²) in [6.07, 6.45) is 0.354. The summed E-state index contributed by atoms with van der Waals surface area (Å²) < 4.78 is 15.7. The van der Waals surface area contributed by atoms with Gasteiger partial charge in [0.05, 0.1) is 6.10 Å². The van der Waals surface area contributed by atoms with E-state index in [1.165, 1.54) is 0 Å². The first-order valence-electron chi connectivity index (χ1n) is 7.33. The summed E-state index contributed by atoms with van der Waals surface area (Å²) in [6.45, 7) is 8.23. The number of carbonyl (C=O) groups excluding carboxylic acids is 1. The summed E-state index contributed by atoms with van der Waals surface area (Å²) in [5.74, 6) is 1.27. The smallest absolute Gasteiger partial charge is 0.242 e. The Morgan fingerprint density at radius 1 is 1.35 bits per heavy atom. The standard InChI is InChI=1S/C14H26N2O4/c1-9(2)11-5-6-16(7-11)13(17)12(10(3)18-4)15-14-19-8-20-14/h9-12,14-15H,5-8H2,1-4H3/t10-,11+,12+/m1/s1. The largest absolute Gasteiger partial charge is 0.380 e. The van der Waals surface area contributed by atoms with E-state index in [0.29, 0.717) is 11.8 Å². The van der Waals surface area contributed by atoms with E-state index in [4.69, 9.17) is 14.2 Å². The molecule has 116 valence electrons. The van der Waals surface area contributed by atoms with Gasteiger partial charge < -0.3 is 19.1 Å². The molecule has 2 rings (SSSR count). The zero-order valence-electron chi connectivity index (χ0n) is 12.8. The van der Waals surface area contributed by atoms with Gasteiger partial charge in [-0.15, -0.1) is 0 Å². The fourth-order valence-corrected chi connectivity index (χ4v) is 2.65. The van der Waals surface area contributed by atoms with E-state index in [-0.39, 0.29) is 18.8 Å². The van der Waals surface area contributed by atoms with Crippen molar-refractivity contribution in [2.24, 2.45) is 11.8 Å². The molecule has 2 fully saturated rings. The van der Waals surface area contributed by atoms with E-state index in [1.54, 1.807) is 7.11 Å². The Balaban J connectivity index is 1.95. The summed E-state index contributed by atoms with van der Waals surface area (Å²) in [5.41, 5.74) is 0. The Hall–Kier alpha value is -0.690. The van der Waals surface area contributed by atoms with Gasteiger partial charge in [-0.1, -0.05) is 13.8 Å². The Morgan fingerprint density at radius 3 is 2.50 bits per heavy atom. The lowest BCUT2D eigenvalue weighted by molar-refractivity contribution is -0.336. The van der Waals surface area contributed by atoms with Gasteiger partial charge in [0.25, 0.3) is 0 Å². The van der Waals surface area contributed by atoms with Gasteiger partial charge in [0.1, 0.15) is 6.04 Å². The summed E-state index contributed by atoms with van der Waals surface area (Å²) in [6, 6.07) is -0.434. The molecule has 3 atom stereocenters. The van der Waals surface area contributed by atoms with Gasteiger partial charge in [-0.3, -0.25) is 10.1 Å².